The van der Waals surface area contributed by atoms with Crippen LogP contribution < -0.4 is 18.9 Å². The predicted octanol–water partition coefficient (Wildman–Crippen LogP) is 4.58. The van der Waals surface area contributed by atoms with Crippen molar-refractivity contribution in [1.82, 2.24) is 4.98 Å². The van der Waals surface area contributed by atoms with Crippen LogP contribution in [0.15, 0.2) is 89.8 Å². The molecule has 0 saturated heterocycles. The number of benzene rings is 3. The molecule has 11 nitrogen and oxygen atoms in total. The van der Waals surface area contributed by atoms with Gasteiger partial charge in [0.25, 0.3) is 5.69 Å². The molecule has 38 heavy (non-hydrogen) atoms. The molecule has 0 aliphatic carbocycles. The van der Waals surface area contributed by atoms with Gasteiger partial charge in [0, 0.05) is 18.7 Å². The molecule has 0 bridgehead atoms. The van der Waals surface area contributed by atoms with Crippen molar-refractivity contribution in [1.29, 1.82) is 0 Å². The first-order valence-electron chi connectivity index (χ1n) is 11.3. The third-order valence-electron chi connectivity index (χ3n) is 5.34. The Bertz CT molecular complexity index is 1470. The van der Waals surface area contributed by atoms with Crippen molar-refractivity contribution in [2.45, 2.75) is 12.5 Å². The average Bonchev–Trinajstić information content (AvgIpc) is 2.93. The summed E-state index contributed by atoms with van der Waals surface area (Å²) in [7, 11) is -1.43. The van der Waals surface area contributed by atoms with Gasteiger partial charge in [0.15, 0.2) is 11.8 Å². The Morgan fingerprint density at radius 2 is 1.68 bits per heavy atom. The zero-order valence-electron chi connectivity index (χ0n) is 20.1. The van der Waals surface area contributed by atoms with Gasteiger partial charge in [0.2, 0.25) is 12.5 Å². The maximum Gasteiger partial charge on any atom is 0.395 e. The van der Waals surface area contributed by atoms with Gasteiger partial charge >= 0.3 is 14.1 Å². The highest BCUT2D eigenvalue weighted by atomic mass is 31.1. The van der Waals surface area contributed by atoms with E-state index >= 15 is 0 Å². The highest BCUT2D eigenvalue weighted by molar-refractivity contribution is 7.34. The van der Waals surface area contributed by atoms with Crippen molar-refractivity contribution in [3.63, 3.8) is 0 Å². The number of non-ortho nitro benzene ring substituents is 1. The van der Waals surface area contributed by atoms with Gasteiger partial charge in [-0.2, -0.15) is 0 Å². The van der Waals surface area contributed by atoms with Gasteiger partial charge < -0.3 is 19.1 Å². The molecular weight excluding hydrogens is 513 g/mol. The highest BCUT2D eigenvalue weighted by Crippen LogP contribution is 2.34. The van der Waals surface area contributed by atoms with E-state index in [9.17, 15) is 19.8 Å². The number of hydrogen-bond donors (Lipinski definition) is 0. The highest BCUT2D eigenvalue weighted by Gasteiger charge is 2.24. The molecule has 194 valence electrons. The largest absolute Gasteiger partial charge is 0.575 e. The van der Waals surface area contributed by atoms with Crippen molar-refractivity contribution in [3.05, 3.63) is 101 Å². The number of esters is 1. The second-order valence-corrected chi connectivity index (χ2v) is 8.66. The number of methoxy groups -OCH3 is 1. The van der Waals surface area contributed by atoms with Crippen molar-refractivity contribution < 1.29 is 33.3 Å². The van der Waals surface area contributed by atoms with Gasteiger partial charge in [-0.25, -0.2) is 4.79 Å². The average molecular weight is 535 g/mol. The topological polar surface area (TPSA) is 145 Å². The van der Waals surface area contributed by atoms with Crippen molar-refractivity contribution in [3.8, 4) is 17.2 Å². The van der Waals surface area contributed by atoms with Crippen LogP contribution in [-0.2, 0) is 16.0 Å². The molecule has 2 atom stereocenters. The lowest BCUT2D eigenvalue weighted by Crippen LogP contribution is -2.23. The molecule has 0 saturated carbocycles. The summed E-state index contributed by atoms with van der Waals surface area (Å²) in [5, 5.41) is 11.6. The number of nitrogens with zero attached hydrogens (tertiary/aromatic N) is 3. The fourth-order valence-corrected chi connectivity index (χ4v) is 4.34. The lowest BCUT2D eigenvalue weighted by Gasteiger charge is -2.12. The van der Waals surface area contributed by atoms with Crippen LogP contribution in [0.3, 0.4) is 0 Å². The summed E-state index contributed by atoms with van der Waals surface area (Å²) in [5.41, 5.74) is 1.04. The molecule has 0 aliphatic heterocycles. The molecule has 1 heterocycles. The standard InChI is InChI=1S/C26H22N3O8P/c1-34-26(30)20(16-18-8-3-2-4-9-18)28-38(33)37-23-12-6-5-11-22(23)35-17-36-24-14-13-21(29(31)32)19-10-7-15-27-25(19)24/h2-15,20H,16-17H2,1H3/t20-/m0/s1. The van der Waals surface area contributed by atoms with Crippen LogP contribution in [0.2, 0.25) is 0 Å². The fourth-order valence-electron chi connectivity index (χ4n) is 3.57. The zero-order chi connectivity index (χ0) is 26.9. The Morgan fingerprint density at radius 1 is 0.974 bits per heavy atom. The maximum atomic E-state index is 12.7. The van der Waals surface area contributed by atoms with E-state index in [4.69, 9.17) is 18.7 Å². The molecule has 0 radical (unpaired) electrons. The van der Waals surface area contributed by atoms with Gasteiger partial charge in [-0.15, -0.1) is 0 Å². The summed E-state index contributed by atoms with van der Waals surface area (Å²) in [6.45, 7) is -0.295. The first-order chi connectivity index (χ1) is 18.5. The summed E-state index contributed by atoms with van der Waals surface area (Å²) in [5.74, 6) is -0.0194. The van der Waals surface area contributed by atoms with Gasteiger partial charge in [0.05, 0.1) is 17.4 Å². The lowest BCUT2D eigenvalue weighted by molar-refractivity contribution is -0.383. The molecule has 0 N–H and O–H groups in total. The van der Waals surface area contributed by atoms with Crippen LogP contribution in [0.25, 0.3) is 10.9 Å². The van der Waals surface area contributed by atoms with Gasteiger partial charge in [0.1, 0.15) is 11.3 Å². The molecule has 0 amide bonds. The number of nitro groups is 1. The van der Waals surface area contributed by atoms with Crippen LogP contribution in [0, 0.1) is 10.1 Å². The Balaban J connectivity index is 1.46. The van der Waals surface area contributed by atoms with Gasteiger partial charge in [-0.1, -0.05) is 47.2 Å². The minimum absolute atomic E-state index is 0.0924. The fraction of sp³-hybridized carbons (Fsp3) is 0.154. The second-order valence-electron chi connectivity index (χ2n) is 7.77. The van der Waals surface area contributed by atoms with E-state index in [0.29, 0.717) is 10.9 Å². The van der Waals surface area contributed by atoms with E-state index in [1.807, 2.05) is 30.3 Å². The number of para-hydroxylation sites is 2. The predicted molar refractivity (Wildman–Crippen MR) is 137 cm³/mol. The number of pyridine rings is 1. The zero-order valence-corrected chi connectivity index (χ0v) is 21.0. The summed E-state index contributed by atoms with van der Waals surface area (Å²) in [4.78, 5) is 39.9. The molecule has 0 fully saturated rings. The summed E-state index contributed by atoms with van der Waals surface area (Å²) in [6.07, 6.45) is 1.70. The van der Waals surface area contributed by atoms with E-state index < -0.39 is 25.1 Å². The van der Waals surface area contributed by atoms with Gasteiger partial charge in [-0.3, -0.25) is 19.6 Å². The molecule has 1 aromatic heterocycles. The molecular formula is C26H22N3O8P. The van der Waals surface area contributed by atoms with Crippen molar-refractivity contribution >= 4 is 30.7 Å². The third kappa shape index (κ3) is 6.58. The first-order valence-corrected chi connectivity index (χ1v) is 12.4. The quantitative estimate of drug-likeness (QED) is 0.0885. The smallest absolute Gasteiger partial charge is 0.395 e. The van der Waals surface area contributed by atoms with Crippen molar-refractivity contribution in [2.75, 3.05) is 13.9 Å². The molecule has 3 aromatic carbocycles. The van der Waals surface area contributed by atoms with E-state index in [2.05, 4.69) is 9.73 Å². The van der Waals surface area contributed by atoms with Crippen molar-refractivity contribution in [2.24, 2.45) is 4.74 Å². The SMILES string of the molecule is COC(=O)[C@H](Cc1ccccc1)N=[P+]([O-])Oc1ccccc1OCOc1ccc([N+](=O)[O-])c2cccnc12. The minimum Gasteiger partial charge on any atom is -0.575 e. The first kappa shape index (κ1) is 26.5. The van der Waals surface area contributed by atoms with Crippen LogP contribution in [0.1, 0.15) is 5.56 Å². The molecule has 1 unspecified atom stereocenters. The lowest BCUT2D eigenvalue weighted by atomic mass is 10.1. The number of carbonyl (C=O) groups is 1. The Hall–Kier alpha value is -4.60. The minimum atomic E-state index is -2.66. The maximum absolute atomic E-state index is 12.7. The van der Waals surface area contributed by atoms with Crippen LogP contribution in [-0.4, -0.2) is 35.8 Å². The number of fused-ring (bicyclic) bond motifs is 1. The molecule has 4 rings (SSSR count). The van der Waals surface area contributed by atoms with Crippen LogP contribution in [0.5, 0.6) is 17.2 Å². The Kier molecular flexibility index (Phi) is 8.76. The molecule has 0 spiro atoms. The number of rotatable bonds is 11. The number of carbonyl (C=O) groups excluding carboxylic acids is 1. The normalized spacial score (nSPS) is 12.0. The number of aromatic nitrogens is 1. The summed E-state index contributed by atoms with van der Waals surface area (Å²) < 4.78 is 25.7. The van der Waals surface area contributed by atoms with E-state index in [0.717, 1.165) is 5.56 Å². The number of ether oxygens (including phenoxy) is 3. The summed E-state index contributed by atoms with van der Waals surface area (Å²) in [6, 6.07) is 20.5. The number of hydrogen-bond acceptors (Lipinski definition) is 10. The van der Waals surface area contributed by atoms with E-state index in [-0.39, 0.29) is 36.1 Å². The third-order valence-corrected chi connectivity index (χ3v) is 6.16. The monoisotopic (exact) mass is 535 g/mol. The number of nitro benzene ring substituents is 1. The van der Waals surface area contributed by atoms with Crippen LogP contribution in [0.4, 0.5) is 5.69 Å². The Morgan fingerprint density at radius 3 is 2.42 bits per heavy atom. The van der Waals surface area contributed by atoms with E-state index in [1.165, 1.54) is 31.5 Å². The van der Waals surface area contributed by atoms with Gasteiger partial charge in [-0.05, 0) is 35.9 Å². The summed E-state index contributed by atoms with van der Waals surface area (Å²) >= 11 is 0. The molecule has 0 aliphatic rings. The molecule has 4 aromatic rings. The van der Waals surface area contributed by atoms with E-state index in [1.54, 1.807) is 30.3 Å². The van der Waals surface area contributed by atoms with Crippen LogP contribution >= 0.6 is 8.17 Å². The Labute approximate surface area is 218 Å². The molecule has 12 heteroatoms. The second kappa shape index (κ2) is 12.6.